The molecule has 258 valence electrons. The summed E-state index contributed by atoms with van der Waals surface area (Å²) in [5.41, 5.74) is 16.6. The van der Waals surface area contributed by atoms with Crippen molar-refractivity contribution in [3.05, 3.63) is 88.4 Å². The highest BCUT2D eigenvalue weighted by Gasteiger charge is 2.31. The molecule has 2 fully saturated rings. The average molecular weight is 688 g/mol. The van der Waals surface area contributed by atoms with Crippen LogP contribution in [0, 0.1) is 5.92 Å². The van der Waals surface area contributed by atoms with Gasteiger partial charge in [0.25, 0.3) is 5.56 Å². The van der Waals surface area contributed by atoms with E-state index in [1.807, 2.05) is 0 Å². The molecule has 2 amide bonds. The Balaban J connectivity index is 0.000000402. The number of carbonyl (C=O) groups excluding carboxylic acids is 3. The highest BCUT2D eigenvalue weighted by Crippen LogP contribution is 2.33. The van der Waals surface area contributed by atoms with Crippen molar-refractivity contribution < 1.29 is 22.8 Å². The van der Waals surface area contributed by atoms with Crippen LogP contribution in [0.15, 0.2) is 70.9 Å². The first-order chi connectivity index (χ1) is 23.4. The molecule has 14 heteroatoms. The number of rotatable bonds is 10. The SMILES string of the molecule is NC(=O)c1ccc(CC(=O)C(CC2CCCCC2)n2cnc3cc(S(=O)(=O)C4CCCC4)ccc3c2=O)nc1.NC(=O)c1ccc(N)nc1. The van der Waals surface area contributed by atoms with E-state index in [2.05, 4.69) is 15.0 Å². The van der Waals surface area contributed by atoms with Crippen molar-refractivity contribution in [1.29, 1.82) is 0 Å². The Labute approximate surface area is 284 Å². The number of anilines is 1. The summed E-state index contributed by atoms with van der Waals surface area (Å²) in [5, 5.41) is -0.105. The Bertz CT molecular complexity index is 1980. The van der Waals surface area contributed by atoms with Crippen LogP contribution in [0.2, 0.25) is 0 Å². The standard InChI is InChI=1S/C29H34N4O5S.C6H7N3O/c30-28(35)20-10-11-21(31-17-20)15-27(34)26(14-19-6-2-1-3-7-19)33-18-32-25-16-23(12-13-24(25)29(33)36)39(37,38)22-8-4-5-9-22;7-5-2-1-4(3-9-5)6(8)10/h10-13,16-19,22,26H,1-9,14-15H2,(H2,30,35);1-3H,(H2,7,9)(H2,8,10). The molecule has 2 saturated carbocycles. The minimum atomic E-state index is -3.48. The maximum atomic E-state index is 13.7. The van der Waals surface area contributed by atoms with Crippen LogP contribution in [0.3, 0.4) is 0 Å². The molecule has 2 aliphatic rings. The smallest absolute Gasteiger partial charge is 0.261 e. The van der Waals surface area contributed by atoms with Crippen LogP contribution in [0.5, 0.6) is 0 Å². The first kappa shape index (κ1) is 35.3. The minimum Gasteiger partial charge on any atom is -0.384 e. The van der Waals surface area contributed by atoms with Crippen molar-refractivity contribution in [3.63, 3.8) is 0 Å². The van der Waals surface area contributed by atoms with Crippen molar-refractivity contribution in [2.24, 2.45) is 17.4 Å². The van der Waals surface area contributed by atoms with Gasteiger partial charge in [-0.05, 0) is 67.6 Å². The number of aromatic nitrogens is 4. The zero-order valence-corrected chi connectivity index (χ0v) is 28.0. The second-order valence-electron chi connectivity index (χ2n) is 12.7. The number of nitrogens with zero attached hydrogens (tertiary/aromatic N) is 4. The van der Waals surface area contributed by atoms with Gasteiger partial charge in [0.1, 0.15) is 5.82 Å². The van der Waals surface area contributed by atoms with Crippen LogP contribution in [0.25, 0.3) is 10.9 Å². The third-order valence-corrected chi connectivity index (χ3v) is 11.6. The van der Waals surface area contributed by atoms with E-state index in [0.29, 0.717) is 47.8 Å². The van der Waals surface area contributed by atoms with E-state index in [1.165, 1.54) is 66.1 Å². The number of ketones is 1. The molecule has 2 aliphatic carbocycles. The third kappa shape index (κ3) is 8.55. The lowest BCUT2D eigenvalue weighted by atomic mass is 9.83. The van der Waals surface area contributed by atoms with Gasteiger partial charge < -0.3 is 17.2 Å². The molecule has 0 bridgehead atoms. The van der Waals surface area contributed by atoms with Crippen LogP contribution in [0.1, 0.15) is 96.7 Å². The summed E-state index contributed by atoms with van der Waals surface area (Å²) in [5.74, 6) is -0.552. The number of carbonyl (C=O) groups is 3. The number of pyridine rings is 2. The summed E-state index contributed by atoms with van der Waals surface area (Å²) in [6.45, 7) is 0. The molecule has 0 spiro atoms. The zero-order chi connectivity index (χ0) is 35.1. The number of sulfone groups is 1. The second kappa shape index (κ2) is 15.5. The van der Waals surface area contributed by atoms with Crippen LogP contribution < -0.4 is 22.8 Å². The molecule has 3 aromatic heterocycles. The largest absolute Gasteiger partial charge is 0.384 e. The molecule has 1 aromatic carbocycles. The molecule has 0 radical (unpaired) electrons. The summed E-state index contributed by atoms with van der Waals surface area (Å²) >= 11 is 0. The highest BCUT2D eigenvalue weighted by molar-refractivity contribution is 7.92. The zero-order valence-electron chi connectivity index (χ0n) is 27.2. The lowest BCUT2D eigenvalue weighted by Crippen LogP contribution is -2.33. The number of primary amides is 2. The second-order valence-corrected chi connectivity index (χ2v) is 15.0. The normalized spacial score (nSPS) is 16.1. The topological polar surface area (TPSA) is 224 Å². The molecular formula is C35H41N7O6S. The number of nitrogens with two attached hydrogens (primary N) is 3. The van der Waals surface area contributed by atoms with Crippen molar-refractivity contribution in [2.75, 3.05) is 5.73 Å². The molecule has 0 aliphatic heterocycles. The highest BCUT2D eigenvalue weighted by atomic mass is 32.2. The molecular weight excluding hydrogens is 646 g/mol. The molecule has 1 atom stereocenters. The summed E-state index contributed by atoms with van der Waals surface area (Å²) < 4.78 is 27.6. The van der Waals surface area contributed by atoms with Crippen LogP contribution >= 0.6 is 0 Å². The number of amides is 2. The summed E-state index contributed by atoms with van der Waals surface area (Å²) in [6, 6.07) is 9.97. The fourth-order valence-corrected chi connectivity index (χ4v) is 8.44. The monoisotopic (exact) mass is 687 g/mol. The minimum absolute atomic E-state index is 0.000520. The lowest BCUT2D eigenvalue weighted by molar-refractivity contribution is -0.122. The molecule has 6 rings (SSSR count). The van der Waals surface area contributed by atoms with Gasteiger partial charge in [0.05, 0.1) is 51.0 Å². The third-order valence-electron chi connectivity index (χ3n) is 9.35. The molecule has 4 aromatic rings. The molecule has 6 N–H and O–H groups in total. The number of hydrogen-bond acceptors (Lipinski definition) is 10. The van der Waals surface area contributed by atoms with Gasteiger partial charge in [-0.25, -0.2) is 18.4 Å². The van der Waals surface area contributed by atoms with E-state index in [0.717, 1.165) is 38.5 Å². The lowest BCUT2D eigenvalue weighted by Gasteiger charge is -2.27. The van der Waals surface area contributed by atoms with Crippen LogP contribution in [-0.4, -0.2) is 50.8 Å². The van der Waals surface area contributed by atoms with Gasteiger partial charge in [-0.2, -0.15) is 0 Å². The van der Waals surface area contributed by atoms with E-state index < -0.39 is 32.9 Å². The number of hydrogen-bond donors (Lipinski definition) is 3. The number of nitrogen functional groups attached to an aromatic ring is 1. The first-order valence-corrected chi connectivity index (χ1v) is 18.0. The average Bonchev–Trinajstić information content (AvgIpc) is 3.65. The maximum Gasteiger partial charge on any atom is 0.261 e. The molecule has 1 unspecified atom stereocenters. The van der Waals surface area contributed by atoms with E-state index >= 15 is 0 Å². The summed E-state index contributed by atoms with van der Waals surface area (Å²) in [4.78, 5) is 61.7. The number of benzene rings is 1. The van der Waals surface area contributed by atoms with E-state index in [-0.39, 0.29) is 33.6 Å². The predicted molar refractivity (Wildman–Crippen MR) is 184 cm³/mol. The van der Waals surface area contributed by atoms with Gasteiger partial charge in [-0.15, -0.1) is 0 Å². The molecule has 3 heterocycles. The number of fused-ring (bicyclic) bond motifs is 1. The van der Waals surface area contributed by atoms with Gasteiger partial charge >= 0.3 is 0 Å². The van der Waals surface area contributed by atoms with Gasteiger partial charge in [0, 0.05) is 18.1 Å². The summed E-state index contributed by atoms with van der Waals surface area (Å²) in [7, 11) is -3.48. The maximum absolute atomic E-state index is 13.7. The quantitative estimate of drug-likeness (QED) is 0.219. The van der Waals surface area contributed by atoms with Gasteiger partial charge in [-0.3, -0.25) is 28.7 Å². The Morgan fingerprint density at radius 1 is 0.816 bits per heavy atom. The van der Waals surface area contributed by atoms with Crippen molar-refractivity contribution in [2.45, 2.75) is 86.8 Å². The van der Waals surface area contributed by atoms with Crippen LogP contribution in [0.4, 0.5) is 5.82 Å². The van der Waals surface area contributed by atoms with E-state index in [1.54, 1.807) is 6.07 Å². The van der Waals surface area contributed by atoms with E-state index in [9.17, 15) is 27.6 Å². The fourth-order valence-electron chi connectivity index (χ4n) is 6.57. The van der Waals surface area contributed by atoms with Gasteiger partial charge in [-0.1, -0.05) is 44.9 Å². The predicted octanol–water partition coefficient (Wildman–Crippen LogP) is 3.69. The van der Waals surface area contributed by atoms with Gasteiger partial charge in [0.2, 0.25) is 11.8 Å². The van der Waals surface area contributed by atoms with Crippen molar-refractivity contribution >= 4 is 44.2 Å². The molecule has 49 heavy (non-hydrogen) atoms. The molecule has 0 saturated heterocycles. The Morgan fingerprint density at radius 3 is 2.04 bits per heavy atom. The fraction of sp³-hybridized carbons (Fsp3) is 0.400. The van der Waals surface area contributed by atoms with Crippen molar-refractivity contribution in [1.82, 2.24) is 19.5 Å². The Morgan fingerprint density at radius 2 is 1.45 bits per heavy atom. The molecule has 13 nitrogen and oxygen atoms in total. The van der Waals surface area contributed by atoms with Crippen molar-refractivity contribution in [3.8, 4) is 0 Å². The summed E-state index contributed by atoms with van der Waals surface area (Å²) in [6.07, 6.45) is 13.1. The van der Waals surface area contributed by atoms with Crippen LogP contribution in [-0.2, 0) is 21.1 Å². The first-order valence-electron chi connectivity index (χ1n) is 16.5. The van der Waals surface area contributed by atoms with E-state index in [4.69, 9.17) is 17.2 Å². The Kier molecular flexibility index (Phi) is 11.2. The Hall–Kier alpha value is -4.98. The number of Topliss-reactive ketones (excluding diaryl/α,β-unsaturated/α-hetero) is 1. The van der Waals surface area contributed by atoms with Gasteiger partial charge in [0.15, 0.2) is 15.6 Å².